The molecule has 8 rings (SSSR count). The maximum Gasteiger partial charge on any atom is 0.324 e. The lowest BCUT2D eigenvalue weighted by Gasteiger charge is -2.33. The summed E-state index contributed by atoms with van der Waals surface area (Å²) >= 11 is 1.83. The van der Waals surface area contributed by atoms with Gasteiger partial charge in [0.25, 0.3) is 0 Å². The Kier molecular flexibility index (Phi) is 22.7. The van der Waals surface area contributed by atoms with Crippen LogP contribution in [0.5, 0.6) is 17.2 Å². The van der Waals surface area contributed by atoms with Gasteiger partial charge in [0.2, 0.25) is 29.3 Å². The van der Waals surface area contributed by atoms with E-state index in [0.717, 1.165) is 124 Å². The van der Waals surface area contributed by atoms with Crippen LogP contribution in [0.15, 0.2) is 81.6 Å². The summed E-state index contributed by atoms with van der Waals surface area (Å²) in [7, 11) is 4.83. The maximum atomic E-state index is 12.3. The van der Waals surface area contributed by atoms with Gasteiger partial charge < -0.3 is 43.7 Å². The first kappa shape index (κ1) is 53.8. The minimum absolute atomic E-state index is 0.0711. The number of hydrogen-bond acceptors (Lipinski definition) is 18. The summed E-state index contributed by atoms with van der Waals surface area (Å²) in [5, 5.41) is 27.0. The van der Waals surface area contributed by atoms with Gasteiger partial charge in [-0.1, -0.05) is 82.9 Å². The molecule has 17 nitrogen and oxygen atoms in total. The van der Waals surface area contributed by atoms with E-state index >= 15 is 0 Å². The highest BCUT2D eigenvalue weighted by molar-refractivity contribution is 7.99. The van der Waals surface area contributed by atoms with E-state index in [2.05, 4.69) is 70.1 Å². The van der Waals surface area contributed by atoms with E-state index in [1.165, 1.54) is 12.8 Å². The molecule has 5 aromatic rings. The Hall–Kier alpha value is -5.56. The Balaban J connectivity index is 0.000000174. The van der Waals surface area contributed by atoms with Crippen LogP contribution in [0.4, 0.5) is 17.1 Å². The van der Waals surface area contributed by atoms with Gasteiger partial charge >= 0.3 is 5.97 Å². The molecule has 3 fully saturated rings. The van der Waals surface area contributed by atoms with E-state index in [1.807, 2.05) is 86.3 Å². The molecule has 3 N–H and O–H groups in total. The topological polar surface area (TPSA) is 178 Å². The second-order valence-electron chi connectivity index (χ2n) is 17.4. The molecule has 3 atom stereocenters. The number of esters is 1. The molecule has 5 heterocycles. The van der Waals surface area contributed by atoms with Gasteiger partial charge in [-0.3, -0.25) is 19.5 Å². The number of para-hydroxylation sites is 2. The summed E-state index contributed by atoms with van der Waals surface area (Å²) in [5.74, 6) is 6.54. The van der Waals surface area contributed by atoms with Gasteiger partial charge in [-0.05, 0) is 56.4 Å². The third kappa shape index (κ3) is 16.2. The largest absolute Gasteiger partial charge is 0.493 e. The van der Waals surface area contributed by atoms with Crippen LogP contribution in [0.3, 0.4) is 0 Å². The smallest absolute Gasteiger partial charge is 0.324 e. The molecule has 0 radical (unpaired) electrons. The molecule has 3 aliphatic rings. The van der Waals surface area contributed by atoms with Crippen molar-refractivity contribution in [2.24, 2.45) is 0 Å². The highest BCUT2D eigenvalue weighted by atomic mass is 32.2. The quantitative estimate of drug-likeness (QED) is 0.0467. The van der Waals surface area contributed by atoms with Crippen molar-refractivity contribution in [2.75, 3.05) is 95.0 Å². The van der Waals surface area contributed by atoms with Crippen molar-refractivity contribution in [2.45, 2.75) is 110 Å². The fraction of sp³-hybridized carbons (Fsp3) is 0.558. The summed E-state index contributed by atoms with van der Waals surface area (Å²) in [4.78, 5) is 19.2. The van der Waals surface area contributed by atoms with Crippen molar-refractivity contribution < 1.29 is 32.6 Å². The van der Waals surface area contributed by atoms with Crippen molar-refractivity contribution in [3.63, 3.8) is 0 Å². The SMILES string of the molecule is CCCCCOC(=O)C1CSCCN1CNc1ccccc1.CCc1nnc([C@@H]2CCCCN2CNc2cc(OC)c(OC)c(OC)c2)o1.CCc1nnc([C@@H]2CCCCN2CNc2ccccc2)o1. The highest BCUT2D eigenvalue weighted by Crippen LogP contribution is 2.40. The monoisotopic (exact) mass is 985 g/mol. The summed E-state index contributed by atoms with van der Waals surface area (Å²) in [6, 6.07) is 24.4. The van der Waals surface area contributed by atoms with Crippen molar-refractivity contribution in [1.29, 1.82) is 0 Å². The predicted molar refractivity (Wildman–Crippen MR) is 277 cm³/mol. The molecule has 70 heavy (non-hydrogen) atoms. The Bertz CT molecular complexity index is 2210. The Morgan fingerprint density at radius 2 is 1.16 bits per heavy atom. The van der Waals surface area contributed by atoms with Gasteiger partial charge in [0, 0.05) is 73.2 Å². The number of nitrogens with one attached hydrogen (secondary N) is 3. The number of methoxy groups -OCH3 is 3. The summed E-state index contributed by atoms with van der Waals surface area (Å²) < 4.78 is 33.2. The minimum atomic E-state index is -0.128. The standard InChI is InChI=1S/C19H28N4O4.C17H26N2O2S.C16H22N4O/c1-5-17-21-22-19(27-17)14-8-6-7-9-23(14)12-20-13-10-15(24-2)18(26-4)16(11-13)25-3;1-2-3-7-11-21-17(20)16-13-22-12-10-19(16)14-18-15-8-5-4-6-9-15;1-2-15-18-19-16(21-15)14-10-6-7-11-20(14)12-17-13-8-4-3-5-9-13/h10-11,14,20H,5-9,12H2,1-4H3;4-6,8-9,16,18H,2-3,7,10-14H2,1H3;3-5,8-9,14,17H,2,6-7,10-12H2,1H3/t14-;;14-/m0.0/s1. The second-order valence-corrected chi connectivity index (χ2v) is 18.5. The molecule has 18 heteroatoms. The average molecular weight is 985 g/mol. The third-order valence-electron chi connectivity index (χ3n) is 12.5. The van der Waals surface area contributed by atoms with Crippen LogP contribution < -0.4 is 30.2 Å². The molecule has 0 amide bonds. The van der Waals surface area contributed by atoms with Crippen LogP contribution in [0.2, 0.25) is 0 Å². The number of carbonyl (C=O) groups is 1. The molecular weight excluding hydrogens is 909 g/mol. The number of aromatic nitrogens is 4. The first-order chi connectivity index (χ1) is 34.4. The van der Waals surface area contributed by atoms with Crippen molar-refractivity contribution >= 4 is 34.8 Å². The molecule has 1 unspecified atom stereocenters. The van der Waals surface area contributed by atoms with Gasteiger partial charge in [0.05, 0.1) is 60.0 Å². The van der Waals surface area contributed by atoms with Gasteiger partial charge in [0.1, 0.15) is 6.04 Å². The lowest BCUT2D eigenvalue weighted by atomic mass is 10.0. The predicted octanol–water partition coefficient (Wildman–Crippen LogP) is 9.69. The number of piperidine rings is 2. The summed E-state index contributed by atoms with van der Waals surface area (Å²) in [6.45, 7) is 11.9. The molecule has 3 aromatic carbocycles. The van der Waals surface area contributed by atoms with E-state index < -0.39 is 0 Å². The molecule has 0 spiro atoms. The molecule has 0 saturated carbocycles. The number of thioether (sulfide) groups is 1. The van der Waals surface area contributed by atoms with Crippen LogP contribution in [-0.4, -0.2) is 126 Å². The number of unbranched alkanes of at least 4 members (excludes halogenated alkanes) is 2. The number of ether oxygens (including phenoxy) is 4. The first-order valence-electron chi connectivity index (χ1n) is 25.1. The van der Waals surface area contributed by atoms with Crippen molar-refractivity contribution in [1.82, 2.24) is 35.1 Å². The first-order valence-corrected chi connectivity index (χ1v) is 26.3. The van der Waals surface area contributed by atoms with E-state index in [9.17, 15) is 4.79 Å². The van der Waals surface area contributed by atoms with Gasteiger partial charge in [-0.15, -0.1) is 20.4 Å². The number of likely N-dealkylation sites (tertiary alicyclic amines) is 2. The molecule has 0 bridgehead atoms. The number of rotatable bonds is 21. The fourth-order valence-electron chi connectivity index (χ4n) is 8.55. The third-order valence-corrected chi connectivity index (χ3v) is 13.6. The zero-order chi connectivity index (χ0) is 49.3. The zero-order valence-corrected chi connectivity index (χ0v) is 43.0. The Morgan fingerprint density at radius 1 is 0.643 bits per heavy atom. The fourth-order valence-corrected chi connectivity index (χ4v) is 9.65. The van der Waals surface area contributed by atoms with Crippen LogP contribution in [-0.2, 0) is 22.4 Å². The van der Waals surface area contributed by atoms with E-state index in [1.54, 1.807) is 21.3 Å². The number of nitrogens with zero attached hydrogens (tertiary/aromatic N) is 7. The van der Waals surface area contributed by atoms with Crippen LogP contribution >= 0.6 is 11.8 Å². The summed E-state index contributed by atoms with van der Waals surface area (Å²) in [6.07, 6.45) is 11.6. The molecular formula is C52H76N10O7S. The average Bonchev–Trinajstić information content (AvgIpc) is 4.12. The molecule has 3 aliphatic heterocycles. The molecule has 382 valence electrons. The van der Waals surface area contributed by atoms with Crippen molar-refractivity contribution in [3.8, 4) is 17.2 Å². The van der Waals surface area contributed by atoms with Crippen LogP contribution in [0, 0.1) is 0 Å². The number of anilines is 3. The number of aryl methyl sites for hydroxylation is 2. The normalized spacial score (nSPS) is 18.6. The zero-order valence-electron chi connectivity index (χ0n) is 42.2. The molecule has 0 aliphatic carbocycles. The lowest BCUT2D eigenvalue weighted by Crippen LogP contribution is -2.49. The van der Waals surface area contributed by atoms with Gasteiger partial charge in [0.15, 0.2) is 11.5 Å². The number of benzene rings is 3. The number of hydrogen-bond donors (Lipinski definition) is 3. The second kappa shape index (κ2) is 29.6. The van der Waals surface area contributed by atoms with E-state index in [-0.39, 0.29) is 24.1 Å². The van der Waals surface area contributed by atoms with Crippen molar-refractivity contribution in [3.05, 3.63) is 96.4 Å². The van der Waals surface area contributed by atoms with E-state index in [0.29, 0.717) is 49.0 Å². The Labute approximate surface area is 419 Å². The van der Waals surface area contributed by atoms with Crippen LogP contribution in [0.1, 0.15) is 114 Å². The number of carbonyl (C=O) groups excluding carboxylic acids is 1. The summed E-state index contributed by atoms with van der Waals surface area (Å²) in [5.41, 5.74) is 3.12. The van der Waals surface area contributed by atoms with Gasteiger partial charge in [-0.2, -0.15) is 11.8 Å². The molecule has 2 aromatic heterocycles. The Morgan fingerprint density at radius 3 is 1.63 bits per heavy atom. The molecule has 3 saturated heterocycles. The van der Waals surface area contributed by atoms with E-state index in [4.69, 9.17) is 27.8 Å². The maximum absolute atomic E-state index is 12.3. The highest BCUT2D eigenvalue weighted by Gasteiger charge is 2.31. The van der Waals surface area contributed by atoms with Gasteiger partial charge in [-0.25, -0.2) is 0 Å². The van der Waals surface area contributed by atoms with Crippen LogP contribution in [0.25, 0.3) is 0 Å². The lowest BCUT2D eigenvalue weighted by molar-refractivity contribution is -0.149. The minimum Gasteiger partial charge on any atom is -0.493 e.